The van der Waals surface area contributed by atoms with Gasteiger partial charge in [0.15, 0.2) is 5.96 Å². The molecule has 0 spiro atoms. The lowest BCUT2D eigenvalue weighted by molar-refractivity contribution is 0.173. The lowest BCUT2D eigenvalue weighted by Gasteiger charge is -2.32. The Morgan fingerprint density at radius 1 is 1.19 bits per heavy atom. The van der Waals surface area contributed by atoms with Crippen molar-refractivity contribution in [1.82, 2.24) is 19.8 Å². The third kappa shape index (κ3) is 9.27. The first-order valence-electron chi connectivity index (χ1n) is 9.92. The van der Waals surface area contributed by atoms with Crippen LogP contribution in [0.15, 0.2) is 4.99 Å². The highest BCUT2D eigenvalue weighted by Gasteiger charge is 2.26. The highest BCUT2D eigenvalue weighted by atomic mass is 127. The molecule has 0 aliphatic carbocycles. The number of halogens is 1. The first kappa shape index (κ1) is 26.9. The number of hydrogen-bond donors (Lipinski definition) is 2. The van der Waals surface area contributed by atoms with Gasteiger partial charge in [0.25, 0.3) is 0 Å². The molecular formula is C18H40IN5O2S. The number of nitrogens with one attached hydrogen (secondary N) is 2. The number of aliphatic imine (C=N–C) groups is 1. The van der Waals surface area contributed by atoms with Crippen molar-refractivity contribution >= 4 is 40.0 Å². The molecule has 2 N–H and O–H groups in total. The molecule has 162 valence electrons. The standard InChI is InChI=1S/C18H39N5O2S.HI/c1-7-26(24,25)22-13-9-17(10-14-22)21-18(19-6)20-11-8-12-23(15(2)3)16(4)5;/h15-17H,7-14H2,1-6H3,(H2,19,20,21);1H. The number of nitrogens with zero attached hydrogens (tertiary/aromatic N) is 3. The minimum atomic E-state index is -3.06. The minimum Gasteiger partial charge on any atom is -0.356 e. The zero-order valence-electron chi connectivity index (χ0n) is 17.9. The molecule has 0 unspecified atom stereocenters. The smallest absolute Gasteiger partial charge is 0.213 e. The van der Waals surface area contributed by atoms with Gasteiger partial charge in [-0.1, -0.05) is 0 Å². The van der Waals surface area contributed by atoms with E-state index in [2.05, 4.69) is 48.2 Å². The predicted octanol–water partition coefficient (Wildman–Crippen LogP) is 2.09. The van der Waals surface area contributed by atoms with Gasteiger partial charge in [0.1, 0.15) is 0 Å². The number of rotatable bonds is 9. The Balaban J connectivity index is 0.00000676. The maximum absolute atomic E-state index is 11.9. The summed E-state index contributed by atoms with van der Waals surface area (Å²) in [5.74, 6) is 0.986. The second-order valence-electron chi connectivity index (χ2n) is 7.50. The van der Waals surface area contributed by atoms with Crippen LogP contribution in [0.5, 0.6) is 0 Å². The fourth-order valence-corrected chi connectivity index (χ4v) is 4.56. The van der Waals surface area contributed by atoms with Crippen LogP contribution >= 0.6 is 24.0 Å². The number of piperidine rings is 1. The number of guanidine groups is 1. The van der Waals surface area contributed by atoms with Crippen molar-refractivity contribution in [3.8, 4) is 0 Å². The Morgan fingerprint density at radius 3 is 2.19 bits per heavy atom. The Hall–Kier alpha value is -0.130. The summed E-state index contributed by atoms with van der Waals surface area (Å²) >= 11 is 0. The zero-order chi connectivity index (χ0) is 19.7. The average Bonchev–Trinajstić information content (AvgIpc) is 2.60. The molecule has 27 heavy (non-hydrogen) atoms. The van der Waals surface area contributed by atoms with Crippen LogP contribution in [0.4, 0.5) is 0 Å². The number of sulfonamides is 1. The molecule has 1 aliphatic heterocycles. The highest BCUT2D eigenvalue weighted by Crippen LogP contribution is 2.14. The molecule has 1 rings (SSSR count). The Bertz CT molecular complexity index is 524. The SMILES string of the molecule is CCS(=O)(=O)N1CCC(NC(=NC)NCCCN(C(C)C)C(C)C)CC1.I. The molecule has 0 bridgehead atoms. The molecule has 7 nitrogen and oxygen atoms in total. The van der Waals surface area contributed by atoms with Crippen LogP contribution in [0.3, 0.4) is 0 Å². The van der Waals surface area contributed by atoms with Gasteiger partial charge in [-0.3, -0.25) is 9.89 Å². The molecule has 1 aliphatic rings. The van der Waals surface area contributed by atoms with Gasteiger partial charge in [-0.05, 0) is 53.9 Å². The van der Waals surface area contributed by atoms with Crippen LogP contribution in [0, 0.1) is 0 Å². The van der Waals surface area contributed by atoms with Crippen molar-refractivity contribution in [2.75, 3.05) is 39.0 Å². The molecule has 0 aromatic heterocycles. The van der Waals surface area contributed by atoms with E-state index in [9.17, 15) is 8.42 Å². The third-order valence-electron chi connectivity index (χ3n) is 4.99. The van der Waals surface area contributed by atoms with E-state index in [1.54, 1.807) is 18.3 Å². The fraction of sp³-hybridized carbons (Fsp3) is 0.944. The molecule has 0 atom stereocenters. The summed E-state index contributed by atoms with van der Waals surface area (Å²) in [7, 11) is -1.29. The van der Waals surface area contributed by atoms with E-state index in [1.165, 1.54) is 0 Å². The highest BCUT2D eigenvalue weighted by molar-refractivity contribution is 14.0. The largest absolute Gasteiger partial charge is 0.356 e. The summed E-state index contributed by atoms with van der Waals surface area (Å²) < 4.78 is 25.5. The summed E-state index contributed by atoms with van der Waals surface area (Å²) in [6.45, 7) is 13.7. The summed E-state index contributed by atoms with van der Waals surface area (Å²) in [6, 6.07) is 1.38. The predicted molar refractivity (Wildman–Crippen MR) is 126 cm³/mol. The monoisotopic (exact) mass is 517 g/mol. The molecule has 0 radical (unpaired) electrons. The summed E-state index contributed by atoms with van der Waals surface area (Å²) in [5.41, 5.74) is 0. The van der Waals surface area contributed by atoms with Crippen molar-refractivity contribution in [2.45, 2.75) is 72.0 Å². The topological polar surface area (TPSA) is 77.0 Å². The van der Waals surface area contributed by atoms with E-state index in [1.807, 2.05) is 0 Å². The van der Waals surface area contributed by atoms with E-state index in [4.69, 9.17) is 0 Å². The summed E-state index contributed by atoms with van der Waals surface area (Å²) in [5, 5.41) is 6.82. The van der Waals surface area contributed by atoms with E-state index in [0.717, 1.165) is 38.3 Å². The molecule has 9 heteroatoms. The van der Waals surface area contributed by atoms with Gasteiger partial charge < -0.3 is 10.6 Å². The van der Waals surface area contributed by atoms with Crippen LogP contribution in [-0.4, -0.2) is 80.7 Å². The maximum atomic E-state index is 11.9. The molecule has 0 aromatic rings. The van der Waals surface area contributed by atoms with Gasteiger partial charge in [-0.25, -0.2) is 12.7 Å². The summed E-state index contributed by atoms with van der Waals surface area (Å²) in [4.78, 5) is 6.79. The molecule has 0 amide bonds. The second-order valence-corrected chi connectivity index (χ2v) is 9.75. The van der Waals surface area contributed by atoms with Crippen LogP contribution in [0.1, 0.15) is 53.9 Å². The lowest BCUT2D eigenvalue weighted by Crippen LogP contribution is -2.50. The van der Waals surface area contributed by atoms with Crippen LogP contribution in [0.2, 0.25) is 0 Å². The first-order chi connectivity index (χ1) is 12.2. The molecule has 0 saturated carbocycles. The van der Waals surface area contributed by atoms with Crippen molar-refractivity contribution in [2.24, 2.45) is 4.99 Å². The molecular weight excluding hydrogens is 477 g/mol. The van der Waals surface area contributed by atoms with E-state index >= 15 is 0 Å². The fourth-order valence-electron chi connectivity index (χ4n) is 3.43. The second kappa shape index (κ2) is 13.2. The van der Waals surface area contributed by atoms with Crippen molar-refractivity contribution in [1.29, 1.82) is 0 Å². The third-order valence-corrected chi connectivity index (χ3v) is 6.87. The normalized spacial score (nSPS) is 17.4. The van der Waals surface area contributed by atoms with Crippen LogP contribution in [-0.2, 0) is 10.0 Å². The van der Waals surface area contributed by atoms with Gasteiger partial charge >= 0.3 is 0 Å². The van der Waals surface area contributed by atoms with E-state index < -0.39 is 10.0 Å². The summed E-state index contributed by atoms with van der Waals surface area (Å²) in [6.07, 6.45) is 2.69. The average molecular weight is 518 g/mol. The maximum Gasteiger partial charge on any atom is 0.213 e. The van der Waals surface area contributed by atoms with E-state index in [0.29, 0.717) is 25.2 Å². The minimum absolute atomic E-state index is 0. The van der Waals surface area contributed by atoms with Gasteiger partial charge in [0.2, 0.25) is 10.0 Å². The van der Waals surface area contributed by atoms with E-state index in [-0.39, 0.29) is 35.8 Å². The quantitative estimate of drug-likeness (QED) is 0.212. The van der Waals surface area contributed by atoms with Crippen molar-refractivity contribution < 1.29 is 8.42 Å². The lowest BCUT2D eigenvalue weighted by atomic mass is 10.1. The number of hydrogen-bond acceptors (Lipinski definition) is 4. The van der Waals surface area contributed by atoms with Crippen LogP contribution < -0.4 is 10.6 Å². The van der Waals surface area contributed by atoms with Crippen LogP contribution in [0.25, 0.3) is 0 Å². The van der Waals surface area contributed by atoms with Crippen molar-refractivity contribution in [3.05, 3.63) is 0 Å². The van der Waals surface area contributed by atoms with Gasteiger partial charge in [-0.15, -0.1) is 24.0 Å². The zero-order valence-corrected chi connectivity index (χ0v) is 21.0. The molecule has 1 fully saturated rings. The van der Waals surface area contributed by atoms with Gasteiger partial charge in [0.05, 0.1) is 5.75 Å². The first-order valence-corrected chi connectivity index (χ1v) is 11.5. The molecule has 1 saturated heterocycles. The van der Waals surface area contributed by atoms with Crippen molar-refractivity contribution in [3.63, 3.8) is 0 Å². The molecule has 1 heterocycles. The van der Waals surface area contributed by atoms with Gasteiger partial charge in [-0.2, -0.15) is 0 Å². The Kier molecular flexibility index (Phi) is 13.1. The van der Waals surface area contributed by atoms with Gasteiger partial charge in [0, 0.05) is 51.4 Å². The Morgan fingerprint density at radius 2 is 1.74 bits per heavy atom. The Labute approximate surface area is 183 Å². The molecule has 0 aromatic carbocycles.